The fourth-order valence-electron chi connectivity index (χ4n) is 2.50. The maximum Gasteiger partial charge on any atom is 0.245 e. The van der Waals surface area contributed by atoms with Crippen molar-refractivity contribution < 1.29 is 9.59 Å². The van der Waals surface area contributed by atoms with Crippen LogP contribution in [0.3, 0.4) is 0 Å². The Morgan fingerprint density at radius 2 is 2.24 bits per heavy atom. The SMILES string of the molecule is CC(C)CNC(=O)C1(C)CCN1C(=O)CCc1cccs1. The summed E-state index contributed by atoms with van der Waals surface area (Å²) in [6.07, 6.45) is 1.99. The summed E-state index contributed by atoms with van der Waals surface area (Å²) in [5, 5.41) is 4.97. The van der Waals surface area contributed by atoms with Crippen molar-refractivity contribution in [2.24, 2.45) is 5.92 Å². The molecule has 2 amide bonds. The molecule has 0 spiro atoms. The average molecular weight is 308 g/mol. The third-order valence-corrected chi connectivity index (χ3v) is 4.98. The molecular formula is C16H24N2O2S. The minimum Gasteiger partial charge on any atom is -0.354 e. The molecular weight excluding hydrogens is 284 g/mol. The quantitative estimate of drug-likeness (QED) is 0.877. The molecule has 4 nitrogen and oxygen atoms in total. The molecule has 5 heteroatoms. The zero-order valence-corrected chi connectivity index (χ0v) is 13.8. The van der Waals surface area contributed by atoms with Crippen molar-refractivity contribution in [2.45, 2.75) is 45.6 Å². The molecule has 1 aromatic rings. The highest BCUT2D eigenvalue weighted by molar-refractivity contribution is 7.09. The molecule has 1 fully saturated rings. The Labute approximate surface area is 130 Å². The van der Waals surface area contributed by atoms with Gasteiger partial charge in [-0.3, -0.25) is 9.59 Å². The van der Waals surface area contributed by atoms with E-state index in [0.29, 0.717) is 25.4 Å². The standard InChI is InChI=1S/C16H24N2O2S/c1-12(2)11-17-15(20)16(3)8-9-18(16)14(19)7-6-13-5-4-10-21-13/h4-5,10,12H,6-9,11H2,1-3H3,(H,17,20). The number of nitrogens with zero attached hydrogens (tertiary/aromatic N) is 1. The van der Waals surface area contributed by atoms with Crippen molar-refractivity contribution in [2.75, 3.05) is 13.1 Å². The third-order valence-electron chi connectivity index (χ3n) is 4.04. The van der Waals surface area contributed by atoms with Gasteiger partial charge < -0.3 is 10.2 Å². The molecule has 2 rings (SSSR count). The highest BCUT2D eigenvalue weighted by Crippen LogP contribution is 2.31. The molecule has 116 valence electrons. The van der Waals surface area contributed by atoms with E-state index in [4.69, 9.17) is 0 Å². The molecule has 2 heterocycles. The fraction of sp³-hybridized carbons (Fsp3) is 0.625. The van der Waals surface area contributed by atoms with Gasteiger partial charge in [0, 0.05) is 24.4 Å². The van der Waals surface area contributed by atoms with Crippen molar-refractivity contribution in [3.8, 4) is 0 Å². The monoisotopic (exact) mass is 308 g/mol. The number of amides is 2. The van der Waals surface area contributed by atoms with Crippen LogP contribution in [0.1, 0.15) is 38.5 Å². The molecule has 1 aliphatic heterocycles. The van der Waals surface area contributed by atoms with Crippen LogP contribution in [0.25, 0.3) is 0 Å². The topological polar surface area (TPSA) is 49.4 Å². The first-order valence-corrected chi connectivity index (χ1v) is 8.42. The van der Waals surface area contributed by atoms with Crippen molar-refractivity contribution in [3.05, 3.63) is 22.4 Å². The molecule has 1 unspecified atom stereocenters. The predicted molar refractivity (Wildman–Crippen MR) is 85.2 cm³/mol. The maximum atomic E-state index is 12.3. The van der Waals surface area contributed by atoms with Gasteiger partial charge in [0.2, 0.25) is 11.8 Å². The second-order valence-corrected chi connectivity index (χ2v) is 7.28. The normalized spacial score (nSPS) is 21.2. The predicted octanol–water partition coefficient (Wildman–Crippen LogP) is 2.44. The van der Waals surface area contributed by atoms with Gasteiger partial charge in [0.25, 0.3) is 0 Å². The van der Waals surface area contributed by atoms with E-state index in [1.807, 2.05) is 24.4 Å². The van der Waals surface area contributed by atoms with Crippen molar-refractivity contribution in [1.29, 1.82) is 0 Å². The summed E-state index contributed by atoms with van der Waals surface area (Å²) in [5.41, 5.74) is -0.651. The molecule has 0 bridgehead atoms. The number of carbonyl (C=O) groups excluding carboxylic acids is 2. The van der Waals surface area contributed by atoms with Gasteiger partial charge in [-0.15, -0.1) is 11.3 Å². The lowest BCUT2D eigenvalue weighted by molar-refractivity contribution is -0.157. The second kappa shape index (κ2) is 6.60. The van der Waals surface area contributed by atoms with Crippen LogP contribution in [-0.2, 0) is 16.0 Å². The Morgan fingerprint density at radius 1 is 1.48 bits per heavy atom. The Balaban J connectivity index is 1.87. The van der Waals surface area contributed by atoms with Crippen molar-refractivity contribution in [3.63, 3.8) is 0 Å². The Morgan fingerprint density at radius 3 is 2.76 bits per heavy atom. The average Bonchev–Trinajstić information content (AvgIpc) is 2.93. The molecule has 21 heavy (non-hydrogen) atoms. The van der Waals surface area contributed by atoms with E-state index in [0.717, 1.165) is 12.8 Å². The summed E-state index contributed by atoms with van der Waals surface area (Å²) in [5.74, 6) is 0.476. The largest absolute Gasteiger partial charge is 0.354 e. The number of hydrogen-bond acceptors (Lipinski definition) is 3. The van der Waals surface area contributed by atoms with E-state index >= 15 is 0 Å². The van der Waals surface area contributed by atoms with Gasteiger partial charge in [0.05, 0.1) is 0 Å². The number of carbonyl (C=O) groups is 2. The highest BCUT2D eigenvalue weighted by atomic mass is 32.1. The first-order chi connectivity index (χ1) is 9.93. The van der Waals surface area contributed by atoms with E-state index in [-0.39, 0.29) is 11.8 Å². The number of hydrogen-bond donors (Lipinski definition) is 1. The molecule has 1 aliphatic rings. The lowest BCUT2D eigenvalue weighted by Gasteiger charge is -2.49. The van der Waals surface area contributed by atoms with Crippen LogP contribution in [0, 0.1) is 5.92 Å². The number of nitrogens with one attached hydrogen (secondary N) is 1. The van der Waals surface area contributed by atoms with Crippen LogP contribution in [-0.4, -0.2) is 35.3 Å². The fourth-order valence-corrected chi connectivity index (χ4v) is 3.21. The van der Waals surface area contributed by atoms with Crippen LogP contribution in [0.2, 0.25) is 0 Å². The molecule has 1 saturated heterocycles. The van der Waals surface area contributed by atoms with E-state index in [1.54, 1.807) is 16.2 Å². The van der Waals surface area contributed by atoms with Crippen LogP contribution in [0.4, 0.5) is 0 Å². The first kappa shape index (κ1) is 16.0. The molecule has 1 N–H and O–H groups in total. The number of rotatable bonds is 6. The minimum atomic E-state index is -0.651. The lowest BCUT2D eigenvalue weighted by atomic mass is 9.85. The van der Waals surface area contributed by atoms with Gasteiger partial charge in [-0.25, -0.2) is 0 Å². The Hall–Kier alpha value is -1.36. The molecule has 0 aromatic carbocycles. The smallest absolute Gasteiger partial charge is 0.245 e. The number of likely N-dealkylation sites (tertiary alicyclic amines) is 1. The molecule has 1 aromatic heterocycles. The maximum absolute atomic E-state index is 12.3. The molecule has 0 aliphatic carbocycles. The van der Waals surface area contributed by atoms with Crippen molar-refractivity contribution >= 4 is 23.2 Å². The summed E-state index contributed by atoms with van der Waals surface area (Å²) >= 11 is 1.67. The van der Waals surface area contributed by atoms with Gasteiger partial charge in [-0.2, -0.15) is 0 Å². The summed E-state index contributed by atoms with van der Waals surface area (Å²) in [6.45, 7) is 7.34. The number of aryl methyl sites for hydroxylation is 1. The van der Waals surface area contributed by atoms with Crippen LogP contribution in [0.15, 0.2) is 17.5 Å². The van der Waals surface area contributed by atoms with Crippen LogP contribution in [0.5, 0.6) is 0 Å². The van der Waals surface area contributed by atoms with Gasteiger partial charge in [0.15, 0.2) is 0 Å². The van der Waals surface area contributed by atoms with Crippen molar-refractivity contribution in [1.82, 2.24) is 10.2 Å². The summed E-state index contributed by atoms with van der Waals surface area (Å²) in [4.78, 5) is 27.6. The van der Waals surface area contributed by atoms with E-state index < -0.39 is 5.54 Å². The summed E-state index contributed by atoms with van der Waals surface area (Å²) < 4.78 is 0. The van der Waals surface area contributed by atoms with E-state index in [2.05, 4.69) is 19.2 Å². The summed E-state index contributed by atoms with van der Waals surface area (Å²) in [6, 6.07) is 4.04. The summed E-state index contributed by atoms with van der Waals surface area (Å²) in [7, 11) is 0. The third kappa shape index (κ3) is 3.64. The molecule has 1 atom stereocenters. The van der Waals surface area contributed by atoms with E-state index in [1.165, 1.54) is 4.88 Å². The van der Waals surface area contributed by atoms with Gasteiger partial charge >= 0.3 is 0 Å². The van der Waals surface area contributed by atoms with Crippen LogP contribution >= 0.6 is 11.3 Å². The van der Waals surface area contributed by atoms with Crippen LogP contribution < -0.4 is 5.32 Å². The molecule has 0 radical (unpaired) electrons. The Bertz CT molecular complexity index is 498. The zero-order valence-electron chi connectivity index (χ0n) is 13.0. The van der Waals surface area contributed by atoms with Gasteiger partial charge in [0.1, 0.15) is 5.54 Å². The van der Waals surface area contributed by atoms with Gasteiger partial charge in [-0.1, -0.05) is 19.9 Å². The molecule has 0 saturated carbocycles. The Kier molecular flexibility index (Phi) is 5.04. The first-order valence-electron chi connectivity index (χ1n) is 7.54. The highest BCUT2D eigenvalue weighted by Gasteiger charge is 2.48. The lowest BCUT2D eigenvalue weighted by Crippen LogP contribution is -2.67. The van der Waals surface area contributed by atoms with Gasteiger partial charge in [-0.05, 0) is 37.1 Å². The second-order valence-electron chi connectivity index (χ2n) is 6.25. The van der Waals surface area contributed by atoms with E-state index in [9.17, 15) is 9.59 Å². The zero-order chi connectivity index (χ0) is 15.5. The number of thiophene rings is 1. The minimum absolute atomic E-state index is 0.0214.